The van der Waals surface area contributed by atoms with Crippen LogP contribution in [0.2, 0.25) is 0 Å². The standard InChI is InChI=1S/C19H21BrN2O3/c1-4-22-8-7-12-5-6-14(11-15(12)22)21-19(23)13-9-16(24-2)18(20)17(10-13)25-3/h5-6,9-11H,4,7-8H2,1-3H3,(H,21,23). The lowest BCUT2D eigenvalue weighted by molar-refractivity contribution is 0.102. The maximum Gasteiger partial charge on any atom is 0.255 e. The number of carbonyl (C=O) groups is 1. The van der Waals surface area contributed by atoms with E-state index in [1.54, 1.807) is 26.4 Å². The number of nitrogens with one attached hydrogen (secondary N) is 1. The SMILES string of the molecule is CCN1CCc2ccc(NC(=O)c3cc(OC)c(Br)c(OC)c3)cc21. The third kappa shape index (κ3) is 3.44. The third-order valence-corrected chi connectivity index (χ3v) is 5.21. The molecular weight excluding hydrogens is 384 g/mol. The number of amides is 1. The van der Waals surface area contributed by atoms with Gasteiger partial charge in [0.15, 0.2) is 0 Å². The quantitative estimate of drug-likeness (QED) is 0.814. The second-order valence-electron chi connectivity index (χ2n) is 5.82. The molecule has 0 bridgehead atoms. The fourth-order valence-corrected chi connectivity index (χ4v) is 3.61. The van der Waals surface area contributed by atoms with Crippen LogP contribution in [0, 0.1) is 0 Å². The molecule has 6 heteroatoms. The molecule has 1 N–H and O–H groups in total. The molecule has 1 aliphatic heterocycles. The van der Waals surface area contributed by atoms with Crippen LogP contribution in [0.25, 0.3) is 0 Å². The number of ether oxygens (including phenoxy) is 2. The minimum Gasteiger partial charge on any atom is -0.495 e. The lowest BCUT2D eigenvalue weighted by Crippen LogP contribution is -2.19. The van der Waals surface area contributed by atoms with Crippen LogP contribution in [0.1, 0.15) is 22.8 Å². The van der Waals surface area contributed by atoms with Gasteiger partial charge in [-0.25, -0.2) is 0 Å². The van der Waals surface area contributed by atoms with E-state index in [9.17, 15) is 4.79 Å². The number of anilines is 2. The van der Waals surface area contributed by atoms with E-state index in [2.05, 4.69) is 39.1 Å². The molecule has 1 amide bonds. The largest absolute Gasteiger partial charge is 0.495 e. The summed E-state index contributed by atoms with van der Waals surface area (Å²) in [6, 6.07) is 9.45. The van der Waals surface area contributed by atoms with E-state index in [1.165, 1.54) is 11.3 Å². The monoisotopic (exact) mass is 404 g/mol. The minimum atomic E-state index is -0.204. The molecule has 1 aliphatic rings. The summed E-state index contributed by atoms with van der Waals surface area (Å²) in [5, 5.41) is 2.96. The second-order valence-corrected chi connectivity index (χ2v) is 6.62. The molecule has 5 nitrogen and oxygen atoms in total. The number of nitrogens with zero attached hydrogens (tertiary/aromatic N) is 1. The van der Waals surface area contributed by atoms with Crippen LogP contribution in [0.15, 0.2) is 34.8 Å². The van der Waals surface area contributed by atoms with Gasteiger partial charge in [-0.15, -0.1) is 0 Å². The molecule has 2 aromatic rings. The third-order valence-electron chi connectivity index (χ3n) is 4.42. The van der Waals surface area contributed by atoms with Crippen LogP contribution in [-0.2, 0) is 6.42 Å². The van der Waals surface area contributed by atoms with Gasteiger partial charge in [0.1, 0.15) is 16.0 Å². The Kier molecular flexibility index (Phi) is 5.18. The highest BCUT2D eigenvalue weighted by atomic mass is 79.9. The van der Waals surface area contributed by atoms with Gasteiger partial charge in [-0.2, -0.15) is 0 Å². The van der Waals surface area contributed by atoms with E-state index in [4.69, 9.17) is 9.47 Å². The van der Waals surface area contributed by atoms with Crippen LogP contribution >= 0.6 is 15.9 Å². The highest BCUT2D eigenvalue weighted by molar-refractivity contribution is 9.10. The van der Waals surface area contributed by atoms with Crippen LogP contribution in [-0.4, -0.2) is 33.2 Å². The molecular formula is C19H21BrN2O3. The molecule has 0 unspecified atom stereocenters. The number of likely N-dealkylation sites (N-methyl/N-ethyl adjacent to an activating group) is 1. The van der Waals surface area contributed by atoms with E-state index in [0.717, 1.165) is 25.2 Å². The highest BCUT2D eigenvalue weighted by Crippen LogP contribution is 2.36. The Morgan fingerprint density at radius 1 is 1.20 bits per heavy atom. The summed E-state index contributed by atoms with van der Waals surface area (Å²) >= 11 is 3.41. The molecule has 2 aromatic carbocycles. The van der Waals surface area contributed by atoms with E-state index in [1.807, 2.05) is 12.1 Å². The number of hydrogen-bond donors (Lipinski definition) is 1. The minimum absolute atomic E-state index is 0.204. The average Bonchev–Trinajstić information content (AvgIpc) is 3.04. The molecule has 0 aliphatic carbocycles. The number of methoxy groups -OCH3 is 2. The van der Waals surface area contributed by atoms with Crippen molar-refractivity contribution in [2.24, 2.45) is 0 Å². The average molecular weight is 405 g/mol. The molecule has 0 saturated carbocycles. The summed E-state index contributed by atoms with van der Waals surface area (Å²) < 4.78 is 11.3. The molecule has 0 aromatic heterocycles. The van der Waals surface area contributed by atoms with Gasteiger partial charge in [-0.3, -0.25) is 4.79 Å². The zero-order chi connectivity index (χ0) is 18.0. The summed E-state index contributed by atoms with van der Waals surface area (Å²) in [6.07, 6.45) is 1.05. The molecule has 25 heavy (non-hydrogen) atoms. The summed E-state index contributed by atoms with van der Waals surface area (Å²) in [7, 11) is 3.11. The van der Waals surface area contributed by atoms with Crippen LogP contribution < -0.4 is 19.7 Å². The fourth-order valence-electron chi connectivity index (χ4n) is 3.06. The smallest absolute Gasteiger partial charge is 0.255 e. The van der Waals surface area contributed by atoms with Crippen LogP contribution in [0.5, 0.6) is 11.5 Å². The van der Waals surface area contributed by atoms with Crippen molar-refractivity contribution in [1.29, 1.82) is 0 Å². The molecule has 0 spiro atoms. The van der Waals surface area contributed by atoms with E-state index in [0.29, 0.717) is 21.5 Å². The van der Waals surface area contributed by atoms with Gasteiger partial charge in [0.05, 0.1) is 14.2 Å². The lowest BCUT2D eigenvalue weighted by atomic mass is 10.1. The number of benzene rings is 2. The zero-order valence-electron chi connectivity index (χ0n) is 14.6. The Labute approximate surface area is 156 Å². The number of rotatable bonds is 5. The van der Waals surface area contributed by atoms with Crippen LogP contribution in [0.4, 0.5) is 11.4 Å². The maximum atomic E-state index is 12.7. The summed E-state index contributed by atoms with van der Waals surface area (Å²) in [5.41, 5.74) is 3.78. The van der Waals surface area contributed by atoms with Gasteiger partial charge in [-0.05, 0) is 59.1 Å². The van der Waals surface area contributed by atoms with Crippen molar-refractivity contribution < 1.29 is 14.3 Å². The Bertz CT molecular complexity index is 782. The normalized spacial score (nSPS) is 12.7. The second kappa shape index (κ2) is 7.35. The van der Waals surface area contributed by atoms with Crippen LogP contribution in [0.3, 0.4) is 0 Å². The summed E-state index contributed by atoms with van der Waals surface area (Å²) in [6.45, 7) is 4.14. The molecule has 1 heterocycles. The number of carbonyl (C=O) groups excluding carboxylic acids is 1. The van der Waals surface area contributed by atoms with Crippen molar-refractivity contribution in [1.82, 2.24) is 0 Å². The van der Waals surface area contributed by atoms with Gasteiger partial charge >= 0.3 is 0 Å². The molecule has 0 atom stereocenters. The fraction of sp³-hybridized carbons (Fsp3) is 0.316. The Morgan fingerprint density at radius 2 is 1.88 bits per heavy atom. The van der Waals surface area contributed by atoms with Gasteiger partial charge in [0, 0.05) is 30.0 Å². The first-order valence-electron chi connectivity index (χ1n) is 8.18. The number of fused-ring (bicyclic) bond motifs is 1. The van der Waals surface area contributed by atoms with Crippen molar-refractivity contribution in [2.75, 3.05) is 37.5 Å². The van der Waals surface area contributed by atoms with E-state index >= 15 is 0 Å². The molecule has 0 fully saturated rings. The highest BCUT2D eigenvalue weighted by Gasteiger charge is 2.19. The summed E-state index contributed by atoms with van der Waals surface area (Å²) in [4.78, 5) is 15.0. The Balaban J connectivity index is 1.86. The molecule has 132 valence electrons. The molecule has 0 radical (unpaired) electrons. The van der Waals surface area contributed by atoms with Gasteiger partial charge < -0.3 is 19.7 Å². The van der Waals surface area contributed by atoms with Crippen molar-refractivity contribution >= 4 is 33.2 Å². The predicted octanol–water partition coefficient (Wildman–Crippen LogP) is 4.10. The van der Waals surface area contributed by atoms with E-state index < -0.39 is 0 Å². The van der Waals surface area contributed by atoms with Gasteiger partial charge in [-0.1, -0.05) is 6.07 Å². The van der Waals surface area contributed by atoms with Crippen molar-refractivity contribution in [3.8, 4) is 11.5 Å². The number of hydrogen-bond acceptors (Lipinski definition) is 4. The van der Waals surface area contributed by atoms with Crippen molar-refractivity contribution in [3.63, 3.8) is 0 Å². The first-order chi connectivity index (χ1) is 12.1. The Morgan fingerprint density at radius 3 is 2.48 bits per heavy atom. The van der Waals surface area contributed by atoms with Crippen molar-refractivity contribution in [3.05, 3.63) is 45.9 Å². The summed E-state index contributed by atoms with van der Waals surface area (Å²) in [5.74, 6) is 0.899. The van der Waals surface area contributed by atoms with E-state index in [-0.39, 0.29) is 5.91 Å². The lowest BCUT2D eigenvalue weighted by Gasteiger charge is -2.17. The van der Waals surface area contributed by atoms with Crippen molar-refractivity contribution in [2.45, 2.75) is 13.3 Å². The predicted molar refractivity (Wildman–Crippen MR) is 103 cm³/mol. The Hall–Kier alpha value is -2.21. The molecule has 0 saturated heterocycles. The first-order valence-corrected chi connectivity index (χ1v) is 8.97. The number of halogens is 1. The van der Waals surface area contributed by atoms with Gasteiger partial charge in [0.2, 0.25) is 0 Å². The van der Waals surface area contributed by atoms with Gasteiger partial charge in [0.25, 0.3) is 5.91 Å². The first kappa shape index (κ1) is 17.6. The zero-order valence-corrected chi connectivity index (χ0v) is 16.1. The molecule has 3 rings (SSSR count). The topological polar surface area (TPSA) is 50.8 Å². The maximum absolute atomic E-state index is 12.7.